The van der Waals surface area contributed by atoms with E-state index < -0.39 is 5.97 Å². The molecule has 1 aromatic carbocycles. The van der Waals surface area contributed by atoms with Crippen LogP contribution in [0.2, 0.25) is 5.15 Å². The fourth-order valence-corrected chi connectivity index (χ4v) is 4.76. The number of carbonyl (C=O) groups is 1. The Balaban J connectivity index is 1.65. The van der Waals surface area contributed by atoms with E-state index in [1.807, 2.05) is 19.1 Å². The van der Waals surface area contributed by atoms with Crippen molar-refractivity contribution in [2.45, 2.75) is 25.7 Å². The van der Waals surface area contributed by atoms with Gasteiger partial charge in [-0.2, -0.15) is 0 Å². The summed E-state index contributed by atoms with van der Waals surface area (Å²) in [5, 5.41) is 7.96. The molecule has 5 nitrogen and oxygen atoms in total. The Kier molecular flexibility index (Phi) is 5.73. The molecule has 0 amide bonds. The van der Waals surface area contributed by atoms with Crippen LogP contribution in [0.3, 0.4) is 0 Å². The van der Waals surface area contributed by atoms with Crippen molar-refractivity contribution in [2.75, 3.05) is 0 Å². The first-order chi connectivity index (χ1) is 13.4. The van der Waals surface area contributed by atoms with Crippen molar-refractivity contribution in [3.05, 3.63) is 59.7 Å². The molecule has 9 heteroatoms. The molecule has 2 heterocycles. The first-order valence-corrected chi connectivity index (χ1v) is 11.2. The van der Waals surface area contributed by atoms with Crippen molar-refractivity contribution >= 4 is 60.8 Å². The van der Waals surface area contributed by atoms with E-state index in [2.05, 4.69) is 48.1 Å². The molecule has 28 heavy (non-hydrogen) atoms. The van der Waals surface area contributed by atoms with E-state index in [-0.39, 0.29) is 16.8 Å². The molecule has 1 aliphatic rings. The number of carbonyl (C=O) groups excluding carboxylic acids is 1. The number of thiophene rings is 1. The quantitative estimate of drug-likeness (QED) is 0.327. The molecular formula is C19H13Br2ClN2O3S. The van der Waals surface area contributed by atoms with Crippen molar-refractivity contribution in [3.63, 3.8) is 0 Å². The molecule has 1 aliphatic carbocycles. The lowest BCUT2D eigenvalue weighted by molar-refractivity contribution is 0.0734. The van der Waals surface area contributed by atoms with E-state index in [4.69, 9.17) is 21.1 Å². The van der Waals surface area contributed by atoms with Gasteiger partial charge in [0.05, 0.1) is 3.79 Å². The van der Waals surface area contributed by atoms with Crippen LogP contribution in [0, 0.1) is 6.92 Å². The van der Waals surface area contributed by atoms with Gasteiger partial charge in [-0.1, -0.05) is 29.8 Å². The zero-order valence-corrected chi connectivity index (χ0v) is 19.3. The maximum Gasteiger partial charge on any atom is 0.353 e. The van der Waals surface area contributed by atoms with E-state index in [0.29, 0.717) is 10.8 Å². The summed E-state index contributed by atoms with van der Waals surface area (Å²) < 4.78 is 13.2. The molecule has 0 aliphatic heterocycles. The number of halogens is 3. The molecule has 0 saturated heterocycles. The Bertz CT molecular complexity index is 1050. The molecule has 1 saturated carbocycles. The van der Waals surface area contributed by atoms with Crippen LogP contribution < -0.4 is 9.47 Å². The lowest BCUT2D eigenvalue weighted by Crippen LogP contribution is -2.09. The molecule has 1 fully saturated rings. The largest absolute Gasteiger partial charge is 0.434 e. The van der Waals surface area contributed by atoms with Gasteiger partial charge in [-0.15, -0.1) is 21.5 Å². The van der Waals surface area contributed by atoms with Crippen molar-refractivity contribution < 1.29 is 14.3 Å². The maximum atomic E-state index is 12.5. The van der Waals surface area contributed by atoms with Gasteiger partial charge in [0.15, 0.2) is 10.9 Å². The Morgan fingerprint density at radius 3 is 2.71 bits per heavy atom. The van der Waals surface area contributed by atoms with Gasteiger partial charge < -0.3 is 9.47 Å². The summed E-state index contributed by atoms with van der Waals surface area (Å²) in [6.07, 6.45) is 2.27. The number of aryl methyl sites for hydroxylation is 1. The van der Waals surface area contributed by atoms with Crippen LogP contribution in [0.5, 0.6) is 17.4 Å². The number of nitrogens with zero attached hydrogens (tertiary/aromatic N) is 2. The molecule has 0 N–H and O–H groups in total. The number of aromatic nitrogens is 2. The lowest BCUT2D eigenvalue weighted by atomic mass is 10.1. The third-order valence-electron chi connectivity index (χ3n) is 4.20. The zero-order valence-electron chi connectivity index (χ0n) is 14.5. The Morgan fingerprint density at radius 1 is 1.25 bits per heavy atom. The second kappa shape index (κ2) is 8.10. The minimum absolute atomic E-state index is 0.101. The van der Waals surface area contributed by atoms with E-state index in [0.717, 1.165) is 38.0 Å². The number of rotatable bonds is 5. The molecule has 3 aromatic rings. The maximum absolute atomic E-state index is 12.5. The highest BCUT2D eigenvalue weighted by Gasteiger charge is 2.28. The Morgan fingerprint density at radius 2 is 2.04 bits per heavy atom. The van der Waals surface area contributed by atoms with E-state index >= 15 is 0 Å². The summed E-state index contributed by atoms with van der Waals surface area (Å²) in [5.41, 5.74) is 2.10. The van der Waals surface area contributed by atoms with Crippen LogP contribution in [0.25, 0.3) is 0 Å². The fourth-order valence-electron chi connectivity index (χ4n) is 2.71. The molecule has 0 atom stereocenters. The molecule has 0 radical (unpaired) electrons. The van der Waals surface area contributed by atoms with Gasteiger partial charge in [0.2, 0.25) is 0 Å². The lowest BCUT2D eigenvalue weighted by Gasteiger charge is -2.14. The van der Waals surface area contributed by atoms with Gasteiger partial charge in [0, 0.05) is 10.5 Å². The number of para-hydroxylation sites is 1. The van der Waals surface area contributed by atoms with Gasteiger partial charge in [-0.25, -0.2) is 4.79 Å². The highest BCUT2D eigenvalue weighted by molar-refractivity contribution is 9.13. The van der Waals surface area contributed by atoms with Crippen LogP contribution in [-0.2, 0) is 0 Å². The minimum Gasteiger partial charge on any atom is -0.434 e. The highest BCUT2D eigenvalue weighted by atomic mass is 79.9. The van der Waals surface area contributed by atoms with Crippen LogP contribution in [0.15, 0.2) is 38.6 Å². The van der Waals surface area contributed by atoms with Crippen molar-refractivity contribution in [1.82, 2.24) is 10.2 Å². The van der Waals surface area contributed by atoms with Crippen molar-refractivity contribution in [3.8, 4) is 17.4 Å². The second-order valence-corrected chi connectivity index (χ2v) is 9.94. The average molecular weight is 545 g/mol. The number of hydrogen-bond donors (Lipinski definition) is 0. The summed E-state index contributed by atoms with van der Waals surface area (Å²) in [7, 11) is 0. The monoisotopic (exact) mass is 542 g/mol. The minimum atomic E-state index is -0.530. The van der Waals surface area contributed by atoms with Crippen LogP contribution in [-0.4, -0.2) is 16.2 Å². The second-order valence-electron chi connectivity index (χ2n) is 6.33. The number of benzene rings is 1. The Labute approximate surface area is 187 Å². The molecule has 144 valence electrons. The summed E-state index contributed by atoms with van der Waals surface area (Å²) in [4.78, 5) is 13.0. The van der Waals surface area contributed by atoms with E-state index in [1.165, 1.54) is 17.4 Å². The predicted molar refractivity (Wildman–Crippen MR) is 115 cm³/mol. The van der Waals surface area contributed by atoms with Crippen LogP contribution in [0.4, 0.5) is 0 Å². The van der Waals surface area contributed by atoms with Gasteiger partial charge in [0.25, 0.3) is 5.88 Å². The SMILES string of the molecule is Cc1cccc(C2CC2)c1Oc1nnc(Cl)cc1OC(=O)c1cc(Br)c(Br)s1. The number of hydrogen-bond acceptors (Lipinski definition) is 6. The normalized spacial score (nSPS) is 13.4. The van der Waals surface area contributed by atoms with Crippen molar-refractivity contribution in [2.24, 2.45) is 0 Å². The van der Waals surface area contributed by atoms with Crippen LogP contribution >= 0.6 is 54.8 Å². The van der Waals surface area contributed by atoms with Crippen LogP contribution in [0.1, 0.15) is 39.6 Å². The standard InChI is InChI=1S/C19H13Br2ClN2O3S/c1-9-3-2-4-11(10-5-6-10)16(9)27-18-13(8-15(22)23-24-18)26-19(25)14-7-12(20)17(21)28-14/h2-4,7-8,10H,5-6H2,1H3. The molecule has 2 aromatic heterocycles. The zero-order chi connectivity index (χ0) is 19.8. The first-order valence-electron chi connectivity index (χ1n) is 8.40. The first kappa shape index (κ1) is 19.8. The summed E-state index contributed by atoms with van der Waals surface area (Å²) in [6.45, 7) is 1.97. The van der Waals surface area contributed by atoms with Crippen molar-refractivity contribution in [1.29, 1.82) is 0 Å². The summed E-state index contributed by atoms with van der Waals surface area (Å²) in [5.74, 6) is 0.902. The molecule has 4 rings (SSSR count). The third-order valence-corrected chi connectivity index (χ3v) is 7.63. The summed E-state index contributed by atoms with van der Waals surface area (Å²) >= 11 is 14.0. The topological polar surface area (TPSA) is 61.3 Å². The molecule has 0 bridgehead atoms. The summed E-state index contributed by atoms with van der Waals surface area (Å²) in [6, 6.07) is 9.14. The number of ether oxygens (including phenoxy) is 2. The number of esters is 1. The Hall–Kier alpha value is -1.48. The van der Waals surface area contributed by atoms with Gasteiger partial charge in [-0.05, 0) is 74.7 Å². The molecule has 0 unspecified atom stereocenters. The van der Waals surface area contributed by atoms with E-state index in [9.17, 15) is 4.79 Å². The fraction of sp³-hybridized carbons (Fsp3) is 0.211. The van der Waals surface area contributed by atoms with Gasteiger partial charge in [-0.3, -0.25) is 0 Å². The van der Waals surface area contributed by atoms with Gasteiger partial charge >= 0.3 is 5.97 Å². The third kappa shape index (κ3) is 4.25. The predicted octanol–water partition coefficient (Wildman–Crippen LogP) is 6.91. The van der Waals surface area contributed by atoms with E-state index in [1.54, 1.807) is 6.07 Å². The highest BCUT2D eigenvalue weighted by Crippen LogP contribution is 2.47. The van der Waals surface area contributed by atoms with Gasteiger partial charge in [0.1, 0.15) is 10.6 Å². The average Bonchev–Trinajstić information content (AvgIpc) is 3.44. The molecule has 0 spiro atoms. The molecular weight excluding hydrogens is 532 g/mol. The smallest absolute Gasteiger partial charge is 0.353 e.